The molecule has 6 heteroatoms. The van der Waals surface area contributed by atoms with Crippen molar-refractivity contribution in [3.05, 3.63) is 39.3 Å². The highest BCUT2D eigenvalue weighted by Gasteiger charge is 2.16. The smallest absolute Gasteiger partial charge is 0.182 e. The first kappa shape index (κ1) is 17.1. The number of benzene rings is 1. The summed E-state index contributed by atoms with van der Waals surface area (Å²) in [6.45, 7) is 3.69. The average molecular weight is 333 g/mol. The average Bonchev–Trinajstić information content (AvgIpc) is 2.97. The Kier molecular flexibility index (Phi) is 5.50. The summed E-state index contributed by atoms with van der Waals surface area (Å²) < 4.78 is 10.5. The molecular weight excluding hydrogens is 314 g/mol. The van der Waals surface area contributed by atoms with Gasteiger partial charge in [0.05, 0.1) is 19.2 Å². The number of carbonyl (C=O) groups excluding carboxylic acids is 2. The number of hydrogen-bond donors (Lipinski definition) is 0. The van der Waals surface area contributed by atoms with E-state index < -0.39 is 0 Å². The highest BCUT2D eigenvalue weighted by atomic mass is 32.1. The predicted molar refractivity (Wildman–Crippen MR) is 89.0 cm³/mol. The Bertz CT molecular complexity index is 736. The fourth-order valence-corrected chi connectivity index (χ4v) is 2.92. The molecule has 2 rings (SSSR count). The first-order valence-corrected chi connectivity index (χ1v) is 8.05. The molecule has 0 atom stereocenters. The second-order valence-corrected chi connectivity index (χ2v) is 6.19. The molecule has 122 valence electrons. The summed E-state index contributed by atoms with van der Waals surface area (Å²) in [5.41, 5.74) is 1.77. The minimum absolute atomic E-state index is 0.102. The van der Waals surface area contributed by atoms with Crippen LogP contribution in [0, 0.1) is 13.8 Å². The van der Waals surface area contributed by atoms with Gasteiger partial charge >= 0.3 is 0 Å². The Morgan fingerprint density at radius 2 is 1.78 bits per heavy atom. The number of rotatable bonds is 7. The van der Waals surface area contributed by atoms with E-state index >= 15 is 0 Å². The molecule has 0 unspecified atom stereocenters. The number of hydrogen-bond acceptors (Lipinski definition) is 6. The number of nitrogens with zero attached hydrogens (tertiary/aromatic N) is 1. The number of methoxy groups -OCH3 is 2. The normalized spacial score (nSPS) is 10.4. The zero-order valence-electron chi connectivity index (χ0n) is 13.6. The predicted octanol–water partition coefficient (Wildman–Crippen LogP) is 3.62. The second-order valence-electron chi connectivity index (χ2n) is 5.13. The van der Waals surface area contributed by atoms with Gasteiger partial charge in [0.1, 0.15) is 5.69 Å². The van der Waals surface area contributed by atoms with Crippen LogP contribution in [-0.4, -0.2) is 30.8 Å². The largest absolute Gasteiger partial charge is 0.493 e. The van der Waals surface area contributed by atoms with Gasteiger partial charge in [-0.2, -0.15) is 0 Å². The molecule has 23 heavy (non-hydrogen) atoms. The lowest BCUT2D eigenvalue weighted by Crippen LogP contribution is -2.07. The third-order valence-corrected chi connectivity index (χ3v) is 4.24. The summed E-state index contributed by atoms with van der Waals surface area (Å²) in [6.07, 6.45) is 0.291. The molecule has 0 radical (unpaired) electrons. The van der Waals surface area contributed by atoms with Crippen molar-refractivity contribution in [2.75, 3.05) is 14.2 Å². The molecule has 0 aliphatic carbocycles. The third-order valence-electron chi connectivity index (χ3n) is 3.47. The monoisotopic (exact) mass is 333 g/mol. The summed E-state index contributed by atoms with van der Waals surface area (Å²) in [6, 6.07) is 3.40. The molecule has 5 nitrogen and oxygen atoms in total. The van der Waals surface area contributed by atoms with E-state index in [1.165, 1.54) is 18.4 Å². The molecular formula is C17H19NO4S. The molecule has 0 saturated carbocycles. The van der Waals surface area contributed by atoms with E-state index in [0.29, 0.717) is 22.8 Å². The Hall–Kier alpha value is -2.21. The number of Topliss-reactive ketones (excluding diaryl/α,β-unsaturated/α-hetero) is 2. The van der Waals surface area contributed by atoms with Gasteiger partial charge in [-0.15, -0.1) is 11.3 Å². The Balaban J connectivity index is 2.09. The summed E-state index contributed by atoms with van der Waals surface area (Å²) in [7, 11) is 3.08. The molecule has 0 fully saturated rings. The van der Waals surface area contributed by atoms with Crippen LogP contribution in [0.15, 0.2) is 17.5 Å². The van der Waals surface area contributed by atoms with Gasteiger partial charge in [0.15, 0.2) is 23.1 Å². The molecule has 2 aromatic rings. The lowest BCUT2D eigenvalue weighted by Gasteiger charge is -2.12. The first-order valence-electron chi connectivity index (χ1n) is 7.17. The van der Waals surface area contributed by atoms with Gasteiger partial charge in [0, 0.05) is 23.8 Å². The number of thiazole rings is 1. The lowest BCUT2D eigenvalue weighted by atomic mass is 10.0. The molecule has 0 spiro atoms. The maximum absolute atomic E-state index is 12.3. The second kappa shape index (κ2) is 7.37. The van der Waals surface area contributed by atoms with E-state index in [9.17, 15) is 9.59 Å². The fourth-order valence-electron chi connectivity index (χ4n) is 2.31. The van der Waals surface area contributed by atoms with Crippen molar-refractivity contribution in [2.45, 2.75) is 26.7 Å². The van der Waals surface area contributed by atoms with Crippen LogP contribution in [0.1, 0.15) is 44.3 Å². The maximum Gasteiger partial charge on any atom is 0.182 e. The van der Waals surface area contributed by atoms with E-state index in [4.69, 9.17) is 9.47 Å². The molecule has 0 N–H and O–H groups in total. The fraction of sp³-hybridized carbons (Fsp3) is 0.353. The van der Waals surface area contributed by atoms with Crippen LogP contribution in [0.5, 0.6) is 11.5 Å². The molecule has 1 aromatic heterocycles. The van der Waals surface area contributed by atoms with Crippen molar-refractivity contribution in [1.82, 2.24) is 4.98 Å². The topological polar surface area (TPSA) is 65.5 Å². The van der Waals surface area contributed by atoms with Crippen molar-refractivity contribution in [3.8, 4) is 11.5 Å². The van der Waals surface area contributed by atoms with E-state index in [1.54, 1.807) is 24.6 Å². The van der Waals surface area contributed by atoms with Crippen LogP contribution in [0.2, 0.25) is 0 Å². The number of aryl methyl sites for hydroxylation is 2. The highest BCUT2D eigenvalue weighted by molar-refractivity contribution is 7.09. The van der Waals surface area contributed by atoms with Gasteiger partial charge in [-0.1, -0.05) is 0 Å². The zero-order valence-corrected chi connectivity index (χ0v) is 14.5. The van der Waals surface area contributed by atoms with Crippen LogP contribution < -0.4 is 9.47 Å². The van der Waals surface area contributed by atoms with Crippen molar-refractivity contribution in [2.24, 2.45) is 0 Å². The van der Waals surface area contributed by atoms with Crippen LogP contribution in [0.4, 0.5) is 0 Å². The van der Waals surface area contributed by atoms with Crippen LogP contribution in [0.3, 0.4) is 0 Å². The minimum atomic E-state index is -0.111. The van der Waals surface area contributed by atoms with E-state index in [0.717, 1.165) is 10.6 Å². The van der Waals surface area contributed by atoms with Gasteiger partial charge in [-0.25, -0.2) is 4.98 Å². The molecule has 0 aliphatic heterocycles. The van der Waals surface area contributed by atoms with Crippen LogP contribution in [0.25, 0.3) is 0 Å². The highest BCUT2D eigenvalue weighted by Crippen LogP contribution is 2.32. The standard InChI is InChI=1S/C17H19NO4S/c1-10-7-12(8-16(21-3)17(10)22-4)14(19)5-6-15(20)13-9-23-11(2)18-13/h7-9H,5-6H2,1-4H3. The quantitative estimate of drug-likeness (QED) is 0.724. The molecule has 1 aromatic carbocycles. The van der Waals surface area contributed by atoms with Crippen LogP contribution >= 0.6 is 11.3 Å². The van der Waals surface area contributed by atoms with Crippen molar-refractivity contribution in [1.29, 1.82) is 0 Å². The van der Waals surface area contributed by atoms with Gasteiger partial charge in [0.25, 0.3) is 0 Å². The molecule has 1 heterocycles. The van der Waals surface area contributed by atoms with E-state index in [-0.39, 0.29) is 24.4 Å². The van der Waals surface area contributed by atoms with Crippen molar-refractivity contribution >= 4 is 22.9 Å². The number of ketones is 2. The summed E-state index contributed by atoms with van der Waals surface area (Å²) >= 11 is 1.43. The minimum Gasteiger partial charge on any atom is -0.493 e. The van der Waals surface area contributed by atoms with Gasteiger partial charge in [0.2, 0.25) is 0 Å². The Morgan fingerprint density at radius 3 is 2.35 bits per heavy atom. The molecule has 0 aliphatic rings. The molecule has 0 amide bonds. The Morgan fingerprint density at radius 1 is 1.09 bits per heavy atom. The first-order chi connectivity index (χ1) is 11.0. The van der Waals surface area contributed by atoms with Gasteiger partial charge in [-0.05, 0) is 31.5 Å². The van der Waals surface area contributed by atoms with Crippen molar-refractivity contribution < 1.29 is 19.1 Å². The molecule has 0 bridgehead atoms. The zero-order chi connectivity index (χ0) is 17.0. The van der Waals surface area contributed by atoms with E-state index in [2.05, 4.69) is 4.98 Å². The third kappa shape index (κ3) is 3.96. The maximum atomic E-state index is 12.3. The molecule has 0 saturated heterocycles. The van der Waals surface area contributed by atoms with Crippen molar-refractivity contribution in [3.63, 3.8) is 0 Å². The van der Waals surface area contributed by atoms with E-state index in [1.807, 2.05) is 13.8 Å². The number of carbonyl (C=O) groups is 2. The van der Waals surface area contributed by atoms with Crippen LogP contribution in [-0.2, 0) is 0 Å². The number of aromatic nitrogens is 1. The lowest BCUT2D eigenvalue weighted by molar-refractivity contribution is 0.0915. The SMILES string of the molecule is COc1cc(C(=O)CCC(=O)c2csc(C)n2)cc(C)c1OC. The van der Waals surface area contributed by atoms with Gasteiger partial charge < -0.3 is 9.47 Å². The summed E-state index contributed by atoms with van der Waals surface area (Å²) in [5.74, 6) is 0.907. The Labute approximate surface area is 139 Å². The summed E-state index contributed by atoms with van der Waals surface area (Å²) in [5, 5.41) is 2.57. The van der Waals surface area contributed by atoms with Gasteiger partial charge in [-0.3, -0.25) is 9.59 Å². The summed E-state index contributed by atoms with van der Waals surface area (Å²) in [4.78, 5) is 28.5. The number of ether oxygens (including phenoxy) is 2.